The van der Waals surface area contributed by atoms with Crippen molar-refractivity contribution in [3.8, 4) is 0 Å². The molecule has 3 nitrogen and oxygen atoms in total. The van der Waals surface area contributed by atoms with Gasteiger partial charge in [-0.25, -0.2) is 21.9 Å². The van der Waals surface area contributed by atoms with Gasteiger partial charge in [-0.05, 0) is 25.0 Å². The van der Waals surface area contributed by atoms with Crippen LogP contribution in [0.3, 0.4) is 0 Å². The predicted octanol–water partition coefficient (Wildman–Crippen LogP) is 2.65. The van der Waals surface area contributed by atoms with Crippen molar-refractivity contribution in [1.29, 1.82) is 0 Å². The fourth-order valence-corrected chi connectivity index (χ4v) is 2.54. The van der Waals surface area contributed by atoms with Gasteiger partial charge in [-0.1, -0.05) is 6.92 Å². The summed E-state index contributed by atoms with van der Waals surface area (Å²) < 4.78 is 51.6. The lowest BCUT2D eigenvalue weighted by Gasteiger charge is -2.09. The second-order valence-corrected chi connectivity index (χ2v) is 6.12. The van der Waals surface area contributed by atoms with Gasteiger partial charge in [0, 0.05) is 18.0 Å². The minimum absolute atomic E-state index is 0.112. The minimum atomic E-state index is -3.96. The third kappa shape index (κ3) is 4.19. The summed E-state index contributed by atoms with van der Waals surface area (Å²) in [6.45, 7) is 1.99. The number of rotatable bonds is 6. The number of halogens is 3. The third-order valence-electron chi connectivity index (χ3n) is 2.38. The van der Waals surface area contributed by atoms with E-state index in [1.54, 1.807) is 0 Å². The van der Waals surface area contributed by atoms with Crippen molar-refractivity contribution in [3.63, 3.8) is 0 Å². The van der Waals surface area contributed by atoms with E-state index in [-0.39, 0.29) is 11.9 Å². The van der Waals surface area contributed by atoms with Gasteiger partial charge < -0.3 is 0 Å². The van der Waals surface area contributed by atoms with Crippen LogP contribution >= 0.6 is 11.6 Å². The van der Waals surface area contributed by atoms with E-state index in [1.165, 1.54) is 0 Å². The maximum absolute atomic E-state index is 13.3. The molecular formula is C11H14ClF2NO2S. The summed E-state index contributed by atoms with van der Waals surface area (Å²) in [6.07, 6.45) is 1.16. The first-order valence-corrected chi connectivity index (χ1v) is 7.37. The van der Waals surface area contributed by atoms with Crippen LogP contribution < -0.4 is 4.72 Å². The molecule has 0 aliphatic rings. The maximum atomic E-state index is 13.3. The van der Waals surface area contributed by atoms with Gasteiger partial charge >= 0.3 is 0 Å². The second kappa shape index (κ2) is 6.45. The van der Waals surface area contributed by atoms with Crippen molar-refractivity contribution in [2.45, 2.75) is 30.0 Å². The molecule has 0 saturated carbocycles. The standard InChI is InChI=1S/C11H14ClF2NO2S/c1-2-8(12)5-6-15-18(16,17)11-4-3-9(13)7-10(11)14/h3-4,7-8,15H,2,5-6H2,1H3. The molecule has 0 heterocycles. The summed E-state index contributed by atoms with van der Waals surface area (Å²) >= 11 is 5.83. The van der Waals surface area contributed by atoms with Crippen LogP contribution in [0, 0.1) is 11.6 Å². The lowest BCUT2D eigenvalue weighted by Crippen LogP contribution is -2.27. The fraction of sp³-hybridized carbons (Fsp3) is 0.455. The van der Waals surface area contributed by atoms with E-state index in [2.05, 4.69) is 4.72 Å². The van der Waals surface area contributed by atoms with Crippen LogP contribution in [0.2, 0.25) is 0 Å². The van der Waals surface area contributed by atoms with E-state index in [9.17, 15) is 17.2 Å². The maximum Gasteiger partial charge on any atom is 0.243 e. The highest BCUT2D eigenvalue weighted by Gasteiger charge is 2.19. The highest BCUT2D eigenvalue weighted by molar-refractivity contribution is 7.89. The van der Waals surface area contributed by atoms with Crippen molar-refractivity contribution in [2.75, 3.05) is 6.54 Å². The molecule has 0 aliphatic heterocycles. The zero-order chi connectivity index (χ0) is 13.8. The first-order valence-electron chi connectivity index (χ1n) is 5.45. The highest BCUT2D eigenvalue weighted by atomic mass is 35.5. The van der Waals surface area contributed by atoms with Gasteiger partial charge in [0.1, 0.15) is 16.5 Å². The number of nitrogens with one attached hydrogen (secondary N) is 1. The van der Waals surface area contributed by atoms with Gasteiger partial charge in [0.05, 0.1) is 0 Å². The molecule has 0 radical (unpaired) electrons. The highest BCUT2D eigenvalue weighted by Crippen LogP contribution is 2.15. The average molecular weight is 298 g/mol. The molecule has 0 aliphatic carbocycles. The topological polar surface area (TPSA) is 46.2 Å². The van der Waals surface area contributed by atoms with E-state index < -0.39 is 26.6 Å². The minimum Gasteiger partial charge on any atom is -0.211 e. The zero-order valence-electron chi connectivity index (χ0n) is 9.79. The van der Waals surface area contributed by atoms with E-state index in [0.29, 0.717) is 18.9 Å². The Kier molecular flexibility index (Phi) is 5.49. The quantitative estimate of drug-likeness (QED) is 0.821. The van der Waals surface area contributed by atoms with Crippen LogP contribution in [0.25, 0.3) is 0 Å². The molecule has 7 heteroatoms. The Morgan fingerprint density at radius 3 is 2.61 bits per heavy atom. The predicted molar refractivity (Wildman–Crippen MR) is 66.1 cm³/mol. The van der Waals surface area contributed by atoms with E-state index >= 15 is 0 Å². The van der Waals surface area contributed by atoms with Crippen molar-refractivity contribution in [1.82, 2.24) is 4.72 Å². The molecule has 0 saturated heterocycles. The molecule has 1 atom stereocenters. The van der Waals surface area contributed by atoms with Crippen molar-refractivity contribution in [2.24, 2.45) is 0 Å². The summed E-state index contributed by atoms with van der Waals surface area (Å²) in [5.74, 6) is -1.93. The Bertz CT molecular complexity index is 508. The van der Waals surface area contributed by atoms with Crippen LogP contribution in [-0.4, -0.2) is 20.3 Å². The molecule has 1 aromatic rings. The lowest BCUT2D eigenvalue weighted by atomic mass is 10.2. The number of hydrogen-bond acceptors (Lipinski definition) is 2. The molecule has 0 spiro atoms. The van der Waals surface area contributed by atoms with Gasteiger partial charge in [-0.15, -0.1) is 11.6 Å². The van der Waals surface area contributed by atoms with Crippen molar-refractivity contribution in [3.05, 3.63) is 29.8 Å². The molecule has 102 valence electrons. The molecule has 1 N–H and O–H groups in total. The molecule has 18 heavy (non-hydrogen) atoms. The number of alkyl halides is 1. The van der Waals surface area contributed by atoms with Gasteiger partial charge in [0.15, 0.2) is 0 Å². The Balaban J connectivity index is 2.74. The SMILES string of the molecule is CCC(Cl)CCNS(=O)(=O)c1ccc(F)cc1F. The molecule has 1 unspecified atom stereocenters. The van der Waals surface area contributed by atoms with Crippen LogP contribution in [0.1, 0.15) is 19.8 Å². The number of hydrogen-bond donors (Lipinski definition) is 1. The van der Waals surface area contributed by atoms with E-state index in [1.807, 2.05) is 6.92 Å². The monoisotopic (exact) mass is 297 g/mol. The lowest BCUT2D eigenvalue weighted by molar-refractivity contribution is 0.541. The molecule has 1 aromatic carbocycles. The summed E-state index contributed by atoms with van der Waals surface area (Å²) in [4.78, 5) is -0.563. The van der Waals surface area contributed by atoms with Gasteiger partial charge in [0.2, 0.25) is 10.0 Å². The Morgan fingerprint density at radius 1 is 1.39 bits per heavy atom. The van der Waals surface area contributed by atoms with Gasteiger partial charge in [-0.3, -0.25) is 0 Å². The molecule has 0 fully saturated rings. The van der Waals surface area contributed by atoms with Crippen LogP contribution in [-0.2, 0) is 10.0 Å². The first kappa shape index (κ1) is 15.3. The Morgan fingerprint density at radius 2 is 2.06 bits per heavy atom. The van der Waals surface area contributed by atoms with Crippen molar-refractivity contribution >= 4 is 21.6 Å². The summed E-state index contributed by atoms with van der Waals surface area (Å²) in [5, 5.41) is -0.134. The Hall–Kier alpha value is -0.720. The number of sulfonamides is 1. The largest absolute Gasteiger partial charge is 0.243 e. The third-order valence-corrected chi connectivity index (χ3v) is 4.40. The molecule has 0 amide bonds. The zero-order valence-corrected chi connectivity index (χ0v) is 11.4. The second-order valence-electron chi connectivity index (χ2n) is 3.77. The molecular weight excluding hydrogens is 284 g/mol. The van der Waals surface area contributed by atoms with Gasteiger partial charge in [-0.2, -0.15) is 0 Å². The molecule has 0 bridgehead atoms. The first-order chi connectivity index (χ1) is 8.36. The van der Waals surface area contributed by atoms with Gasteiger partial charge in [0.25, 0.3) is 0 Å². The summed E-state index contributed by atoms with van der Waals surface area (Å²) in [6, 6.07) is 2.32. The van der Waals surface area contributed by atoms with E-state index in [4.69, 9.17) is 11.6 Å². The molecule has 0 aromatic heterocycles. The normalized spacial score (nSPS) is 13.6. The van der Waals surface area contributed by atoms with Crippen molar-refractivity contribution < 1.29 is 17.2 Å². The van der Waals surface area contributed by atoms with Crippen LogP contribution in [0.5, 0.6) is 0 Å². The fourth-order valence-electron chi connectivity index (χ4n) is 1.32. The average Bonchev–Trinajstić information content (AvgIpc) is 2.27. The van der Waals surface area contributed by atoms with Crippen LogP contribution in [0.15, 0.2) is 23.1 Å². The van der Waals surface area contributed by atoms with E-state index in [0.717, 1.165) is 12.1 Å². The van der Waals surface area contributed by atoms with Crippen LogP contribution in [0.4, 0.5) is 8.78 Å². The smallest absolute Gasteiger partial charge is 0.211 e. The summed E-state index contributed by atoms with van der Waals surface area (Å²) in [7, 11) is -3.96. The molecule has 1 rings (SSSR count). The number of benzene rings is 1. The Labute approximate surface area is 110 Å². The summed E-state index contributed by atoms with van der Waals surface area (Å²) in [5.41, 5.74) is 0.